The first-order chi connectivity index (χ1) is 14.7. The highest BCUT2D eigenvalue weighted by atomic mass is 16.6. The van der Waals surface area contributed by atoms with Gasteiger partial charge in [0.25, 0.3) is 0 Å². The van der Waals surface area contributed by atoms with E-state index in [2.05, 4.69) is 17.6 Å². The molecule has 2 aromatic carbocycles. The topological polar surface area (TPSA) is 72.2 Å². The van der Waals surface area contributed by atoms with Crippen molar-refractivity contribution in [2.24, 2.45) is 0 Å². The van der Waals surface area contributed by atoms with Crippen molar-refractivity contribution in [2.75, 3.05) is 6.61 Å². The molecule has 1 atom stereocenters. The van der Waals surface area contributed by atoms with Gasteiger partial charge in [-0.3, -0.25) is 0 Å². The molecule has 0 aliphatic rings. The number of rotatable bonds is 8. The van der Waals surface area contributed by atoms with E-state index in [1.807, 2.05) is 61.5 Å². The van der Waals surface area contributed by atoms with Crippen molar-refractivity contribution in [1.29, 1.82) is 5.26 Å². The first-order valence-corrected chi connectivity index (χ1v) is 9.66. The van der Waals surface area contributed by atoms with Gasteiger partial charge < -0.3 is 9.47 Å². The van der Waals surface area contributed by atoms with Crippen molar-refractivity contribution in [2.45, 2.75) is 19.4 Å². The molecule has 0 aliphatic carbocycles. The smallest absolute Gasteiger partial charge is 0.352 e. The molecular formula is C25H22N2O3. The summed E-state index contributed by atoms with van der Waals surface area (Å²) < 4.78 is 11.3. The fourth-order valence-electron chi connectivity index (χ4n) is 3.02. The number of nitrogens with zero attached hydrogens (tertiary/aromatic N) is 2. The molecule has 150 valence electrons. The lowest BCUT2D eigenvalue weighted by molar-refractivity contribution is -0.151. The van der Waals surface area contributed by atoms with Crippen molar-refractivity contribution in [1.82, 2.24) is 4.98 Å². The molecule has 5 heteroatoms. The quantitative estimate of drug-likeness (QED) is 0.393. The molecule has 1 heterocycles. The Balaban J connectivity index is 2.08. The van der Waals surface area contributed by atoms with E-state index in [0.717, 1.165) is 11.1 Å². The molecule has 1 unspecified atom stereocenters. The van der Waals surface area contributed by atoms with E-state index < -0.39 is 12.1 Å². The number of aromatic nitrogens is 1. The second-order valence-corrected chi connectivity index (χ2v) is 6.51. The molecule has 0 radical (unpaired) electrons. The van der Waals surface area contributed by atoms with Gasteiger partial charge in [0, 0.05) is 11.1 Å². The maximum Gasteiger partial charge on any atom is 0.352 e. The van der Waals surface area contributed by atoms with Crippen molar-refractivity contribution in [3.05, 3.63) is 96.1 Å². The zero-order valence-corrected chi connectivity index (χ0v) is 16.7. The maximum atomic E-state index is 12.7. The van der Waals surface area contributed by atoms with Gasteiger partial charge in [-0.15, -0.1) is 0 Å². The Kier molecular flexibility index (Phi) is 6.96. The van der Waals surface area contributed by atoms with Crippen LogP contribution >= 0.6 is 0 Å². The van der Waals surface area contributed by atoms with E-state index in [1.165, 1.54) is 6.08 Å². The third kappa shape index (κ3) is 4.73. The minimum Gasteiger partial charge on any atom is -0.458 e. The van der Waals surface area contributed by atoms with Crippen LogP contribution in [0, 0.1) is 11.3 Å². The normalized spacial score (nSPS) is 11.2. The molecule has 0 fully saturated rings. The summed E-state index contributed by atoms with van der Waals surface area (Å²) in [5.41, 5.74) is 3.29. The van der Waals surface area contributed by atoms with Crippen molar-refractivity contribution in [3.8, 4) is 23.2 Å². The summed E-state index contributed by atoms with van der Waals surface area (Å²) in [4.78, 5) is 17.3. The summed E-state index contributed by atoms with van der Waals surface area (Å²) in [6.07, 6.45) is 1.06. The minimum atomic E-state index is -1.05. The van der Waals surface area contributed by atoms with Crippen LogP contribution in [0.25, 0.3) is 11.3 Å². The van der Waals surface area contributed by atoms with E-state index in [1.54, 1.807) is 12.1 Å². The molecule has 0 bridgehead atoms. The number of hydrogen-bond donors (Lipinski definition) is 0. The van der Waals surface area contributed by atoms with Crippen LogP contribution in [0.4, 0.5) is 0 Å². The summed E-state index contributed by atoms with van der Waals surface area (Å²) in [5, 5.41) is 9.76. The standard InChI is InChI=1S/C25H22N2O3/c1-3-15-29-25(28)23(20-13-9-6-10-14-20)30-24-21(17-26)18(4-2)16-22(27-24)19-11-7-5-8-12-19/h3,5-14,16,23H,1,4,15H2,2H3. The number of benzene rings is 2. The molecule has 0 saturated heterocycles. The van der Waals surface area contributed by atoms with Gasteiger partial charge in [-0.25, -0.2) is 9.78 Å². The first kappa shape index (κ1) is 20.8. The highest BCUT2D eigenvalue weighted by molar-refractivity contribution is 5.77. The zero-order chi connectivity index (χ0) is 21.3. The monoisotopic (exact) mass is 398 g/mol. The van der Waals surface area contributed by atoms with Gasteiger partial charge in [0.2, 0.25) is 12.0 Å². The molecule has 0 spiro atoms. The predicted octanol–water partition coefficient (Wildman–Crippen LogP) is 5.03. The second kappa shape index (κ2) is 10.0. The number of pyridine rings is 1. The molecule has 0 amide bonds. The summed E-state index contributed by atoms with van der Waals surface area (Å²) in [5.74, 6) is -0.463. The molecule has 3 rings (SSSR count). The highest BCUT2D eigenvalue weighted by Gasteiger charge is 2.27. The summed E-state index contributed by atoms with van der Waals surface area (Å²) in [7, 11) is 0. The van der Waals surface area contributed by atoms with Crippen LogP contribution in [0.1, 0.15) is 29.7 Å². The van der Waals surface area contributed by atoms with E-state index in [0.29, 0.717) is 23.2 Å². The number of aryl methyl sites for hydroxylation is 1. The van der Waals surface area contributed by atoms with Crippen LogP contribution < -0.4 is 4.74 Å². The average Bonchev–Trinajstić information content (AvgIpc) is 2.81. The van der Waals surface area contributed by atoms with Crippen molar-refractivity contribution < 1.29 is 14.3 Å². The van der Waals surface area contributed by atoms with Gasteiger partial charge in [-0.2, -0.15) is 5.26 Å². The van der Waals surface area contributed by atoms with E-state index in [-0.39, 0.29) is 12.5 Å². The first-order valence-electron chi connectivity index (χ1n) is 9.66. The second-order valence-electron chi connectivity index (χ2n) is 6.51. The van der Waals surface area contributed by atoms with Gasteiger partial charge >= 0.3 is 5.97 Å². The molecule has 30 heavy (non-hydrogen) atoms. The van der Waals surface area contributed by atoms with Crippen LogP contribution in [0.2, 0.25) is 0 Å². The summed E-state index contributed by atoms with van der Waals surface area (Å²) >= 11 is 0. The van der Waals surface area contributed by atoms with Crippen molar-refractivity contribution >= 4 is 5.97 Å². The fraction of sp³-hybridized carbons (Fsp3) is 0.160. The number of nitriles is 1. The number of hydrogen-bond acceptors (Lipinski definition) is 5. The van der Waals surface area contributed by atoms with Crippen LogP contribution in [-0.2, 0) is 16.0 Å². The third-order valence-corrected chi connectivity index (χ3v) is 4.52. The molecular weight excluding hydrogens is 376 g/mol. The van der Waals surface area contributed by atoms with Gasteiger partial charge in [-0.1, -0.05) is 80.2 Å². The zero-order valence-electron chi connectivity index (χ0n) is 16.7. The Morgan fingerprint density at radius 2 is 1.83 bits per heavy atom. The minimum absolute atomic E-state index is 0.0638. The Bertz CT molecular complexity index is 1060. The summed E-state index contributed by atoms with van der Waals surface area (Å²) in [6.45, 7) is 5.59. The number of ether oxygens (including phenoxy) is 2. The lowest BCUT2D eigenvalue weighted by Crippen LogP contribution is -2.22. The van der Waals surface area contributed by atoms with Gasteiger partial charge in [0.05, 0.1) is 5.69 Å². The van der Waals surface area contributed by atoms with E-state index >= 15 is 0 Å². The lowest BCUT2D eigenvalue weighted by Gasteiger charge is -2.19. The van der Waals surface area contributed by atoms with Gasteiger partial charge in [-0.05, 0) is 18.1 Å². The van der Waals surface area contributed by atoms with E-state index in [9.17, 15) is 10.1 Å². The van der Waals surface area contributed by atoms with Gasteiger partial charge in [0.15, 0.2) is 0 Å². The van der Waals surface area contributed by atoms with Crippen LogP contribution in [0.15, 0.2) is 79.4 Å². The number of carbonyl (C=O) groups is 1. The molecule has 0 aliphatic heterocycles. The highest BCUT2D eigenvalue weighted by Crippen LogP contribution is 2.31. The number of carbonyl (C=O) groups excluding carboxylic acids is 1. The molecule has 0 saturated carbocycles. The Morgan fingerprint density at radius 1 is 1.17 bits per heavy atom. The predicted molar refractivity (Wildman–Crippen MR) is 115 cm³/mol. The van der Waals surface area contributed by atoms with Crippen LogP contribution in [-0.4, -0.2) is 17.6 Å². The van der Waals surface area contributed by atoms with Crippen LogP contribution in [0.5, 0.6) is 5.88 Å². The average molecular weight is 398 g/mol. The Labute approximate surface area is 176 Å². The fourth-order valence-corrected chi connectivity index (χ4v) is 3.02. The van der Waals surface area contributed by atoms with Crippen molar-refractivity contribution in [3.63, 3.8) is 0 Å². The number of esters is 1. The Morgan fingerprint density at radius 3 is 2.43 bits per heavy atom. The Hall–Kier alpha value is -3.91. The van der Waals surface area contributed by atoms with Crippen LogP contribution in [0.3, 0.4) is 0 Å². The SMILES string of the molecule is C=CCOC(=O)C(Oc1nc(-c2ccccc2)cc(CC)c1C#N)c1ccccc1. The molecule has 0 N–H and O–H groups in total. The molecule has 5 nitrogen and oxygen atoms in total. The lowest BCUT2D eigenvalue weighted by atomic mass is 10.0. The molecule has 1 aromatic heterocycles. The van der Waals surface area contributed by atoms with E-state index in [4.69, 9.17) is 9.47 Å². The van der Waals surface area contributed by atoms with Gasteiger partial charge in [0.1, 0.15) is 18.2 Å². The summed E-state index contributed by atoms with van der Waals surface area (Å²) in [6, 6.07) is 22.7. The largest absolute Gasteiger partial charge is 0.458 e. The maximum absolute atomic E-state index is 12.7. The third-order valence-electron chi connectivity index (χ3n) is 4.52. The molecule has 3 aromatic rings.